The minimum absolute atomic E-state index is 0.121. The van der Waals surface area contributed by atoms with Crippen LogP contribution in [-0.2, 0) is 27.8 Å². The highest BCUT2D eigenvalue weighted by atomic mass is 31.2. The van der Waals surface area contributed by atoms with Crippen LogP contribution in [0, 0.1) is 0 Å². The van der Waals surface area contributed by atoms with E-state index in [1.807, 2.05) is 0 Å². The molecule has 0 aromatic rings. The number of Topliss-reactive ketones (excluding diaryl/α,β-unsaturated/α-hetero) is 1. The van der Waals surface area contributed by atoms with Crippen LogP contribution in [0.15, 0.2) is 0 Å². The molecule has 0 radical (unpaired) electrons. The van der Waals surface area contributed by atoms with Gasteiger partial charge in [0.1, 0.15) is 31.0 Å². The molecule has 4 atom stereocenters. The Morgan fingerprint density at radius 3 is 1.69 bits per heavy atom. The molecule has 0 aromatic carbocycles. The fourth-order valence-electron chi connectivity index (χ4n) is 0.979. The molecule has 0 heterocycles. The van der Waals surface area contributed by atoms with Crippen molar-refractivity contribution in [1.82, 2.24) is 0 Å². The third-order valence-corrected chi connectivity index (χ3v) is 3.16. The van der Waals surface area contributed by atoms with E-state index in [1.165, 1.54) is 0 Å². The number of aldehydes is 1. The average Bonchev–Trinajstić information content (AvgIpc) is 2.54. The van der Waals surface area contributed by atoms with Gasteiger partial charge >= 0.3 is 15.6 Å². The first-order chi connectivity index (χ1) is 11.6. The smallest absolute Gasteiger partial charge is 0.388 e. The number of rotatable bonds is 11. The van der Waals surface area contributed by atoms with Crippen molar-refractivity contribution < 1.29 is 72.9 Å². The summed E-state index contributed by atoms with van der Waals surface area (Å²) in [4.78, 5) is 52.9. The fraction of sp³-hybridized carbons (Fsp3) is 0.778. The van der Waals surface area contributed by atoms with Gasteiger partial charge in [-0.25, -0.2) is 9.13 Å². The van der Waals surface area contributed by atoms with Crippen LogP contribution < -0.4 is 0 Å². The molecule has 0 aliphatic carbocycles. The molecule has 0 amide bonds. The fourth-order valence-corrected chi connectivity index (χ4v) is 1.67. The van der Waals surface area contributed by atoms with E-state index >= 15 is 0 Å². The Morgan fingerprint density at radius 2 is 1.35 bits per heavy atom. The molecule has 0 saturated carbocycles. The molecule has 0 aromatic heterocycles. The molecule has 17 heteroatoms. The van der Waals surface area contributed by atoms with Crippen LogP contribution in [0.1, 0.15) is 0 Å². The Bertz CT molecular complexity index is 511. The summed E-state index contributed by atoms with van der Waals surface area (Å²) in [6.45, 7) is -2.70. The second-order valence-corrected chi connectivity index (χ2v) is 6.88. The lowest BCUT2D eigenvalue weighted by Crippen LogP contribution is -2.45. The van der Waals surface area contributed by atoms with E-state index < -0.39 is 65.7 Å². The first-order valence-corrected chi connectivity index (χ1v) is 9.42. The first kappa shape index (κ1) is 27.6. The van der Waals surface area contributed by atoms with Gasteiger partial charge in [-0.1, -0.05) is 0 Å². The number of aliphatic hydroxyl groups is 5. The van der Waals surface area contributed by atoms with Crippen molar-refractivity contribution in [1.29, 1.82) is 0 Å². The predicted molar refractivity (Wildman–Crippen MR) is 78.2 cm³/mol. The van der Waals surface area contributed by atoms with Crippen LogP contribution in [0.5, 0.6) is 0 Å². The van der Waals surface area contributed by atoms with Crippen LogP contribution in [0.2, 0.25) is 0 Å². The molecule has 156 valence electrons. The van der Waals surface area contributed by atoms with E-state index in [0.717, 1.165) is 0 Å². The summed E-state index contributed by atoms with van der Waals surface area (Å²) in [5.41, 5.74) is 0. The van der Waals surface area contributed by atoms with E-state index in [1.54, 1.807) is 0 Å². The third kappa shape index (κ3) is 15.6. The number of phosphoric ester groups is 2. The molecule has 9 N–H and O–H groups in total. The summed E-state index contributed by atoms with van der Waals surface area (Å²) in [5.74, 6) is -1.14. The average molecular weight is 430 g/mol. The molecular weight excluding hydrogens is 410 g/mol. The van der Waals surface area contributed by atoms with Crippen LogP contribution >= 0.6 is 15.6 Å². The van der Waals surface area contributed by atoms with Gasteiger partial charge in [0.2, 0.25) is 0 Å². The molecule has 0 rings (SSSR count). The maximum absolute atomic E-state index is 10.7. The maximum atomic E-state index is 10.7. The Morgan fingerprint density at radius 1 is 0.923 bits per heavy atom. The molecule has 0 spiro atoms. The molecule has 4 unspecified atom stereocenters. The minimum atomic E-state index is -4.81. The lowest BCUT2D eigenvalue weighted by molar-refractivity contribution is -0.142. The number of hydrogen-bond donors (Lipinski definition) is 9. The van der Waals surface area contributed by atoms with Gasteiger partial charge in [-0.2, -0.15) is 0 Å². The highest BCUT2D eigenvalue weighted by Gasteiger charge is 2.31. The number of aliphatic hydroxyl groups excluding tert-OH is 5. The van der Waals surface area contributed by atoms with Crippen molar-refractivity contribution in [2.45, 2.75) is 24.4 Å². The van der Waals surface area contributed by atoms with E-state index in [4.69, 9.17) is 45.1 Å². The molecule has 26 heavy (non-hydrogen) atoms. The zero-order valence-electron chi connectivity index (χ0n) is 12.9. The lowest BCUT2D eigenvalue weighted by Gasteiger charge is -2.21. The second-order valence-electron chi connectivity index (χ2n) is 4.40. The number of carbonyl (C=O) groups is 2. The summed E-state index contributed by atoms with van der Waals surface area (Å²) < 4.78 is 27.7. The molecule has 0 aliphatic rings. The Labute approximate surface area is 145 Å². The predicted octanol–water partition coefficient (Wildman–Crippen LogP) is -4.60. The van der Waals surface area contributed by atoms with Crippen LogP contribution in [-0.4, -0.2) is 101 Å². The van der Waals surface area contributed by atoms with E-state index in [9.17, 15) is 18.7 Å². The van der Waals surface area contributed by atoms with E-state index in [-0.39, 0.29) is 6.29 Å². The maximum Gasteiger partial charge on any atom is 0.469 e. The van der Waals surface area contributed by atoms with Gasteiger partial charge in [0.15, 0.2) is 12.1 Å². The Kier molecular flexibility index (Phi) is 13.5. The standard InChI is InChI=1S/C6H13O9P.C3H7O6P/c7-1-3(8)5(10)6(11)4(9)2-15-16(12,13)14;4-1-3(5)2-9-10(6,7)8/h4-7,9-11H,1-2H2,(H2,12,13,14);1,3,5H,2H2,(H2,6,7,8). The van der Waals surface area contributed by atoms with Crippen molar-refractivity contribution >= 4 is 27.7 Å². The van der Waals surface area contributed by atoms with Gasteiger partial charge in [0.05, 0.1) is 13.2 Å². The Hall–Kier alpha value is -0.640. The summed E-state index contributed by atoms with van der Waals surface area (Å²) in [6, 6.07) is 0. The van der Waals surface area contributed by atoms with Gasteiger partial charge in [0, 0.05) is 0 Å². The second kappa shape index (κ2) is 12.7. The van der Waals surface area contributed by atoms with Crippen molar-refractivity contribution in [2.75, 3.05) is 19.8 Å². The highest BCUT2D eigenvalue weighted by molar-refractivity contribution is 7.46. The first-order valence-electron chi connectivity index (χ1n) is 6.36. The number of hydrogen-bond acceptors (Lipinski definition) is 11. The number of phosphoric acid groups is 2. The normalized spacial score (nSPS) is 16.7. The molecule has 0 fully saturated rings. The van der Waals surface area contributed by atoms with Crippen molar-refractivity contribution in [3.05, 3.63) is 0 Å². The zero-order chi connectivity index (χ0) is 21.1. The SMILES string of the molecule is O=C(CO)C(O)C(O)C(O)COP(=O)(O)O.O=CC(O)COP(=O)(O)O. The van der Waals surface area contributed by atoms with Crippen molar-refractivity contribution in [3.8, 4) is 0 Å². The third-order valence-electron chi connectivity index (χ3n) is 2.19. The van der Waals surface area contributed by atoms with Crippen LogP contribution in [0.25, 0.3) is 0 Å². The molecule has 15 nitrogen and oxygen atoms in total. The number of ketones is 1. The van der Waals surface area contributed by atoms with Gasteiger partial charge in [0.25, 0.3) is 0 Å². The molecular formula is C9H20O15P2. The minimum Gasteiger partial charge on any atom is -0.388 e. The van der Waals surface area contributed by atoms with Gasteiger partial charge in [-0.05, 0) is 0 Å². The number of carbonyl (C=O) groups excluding carboxylic acids is 2. The molecule has 0 saturated heterocycles. The van der Waals surface area contributed by atoms with Crippen molar-refractivity contribution in [2.24, 2.45) is 0 Å². The van der Waals surface area contributed by atoms with Gasteiger partial charge in [-0.3, -0.25) is 13.8 Å². The van der Waals surface area contributed by atoms with Gasteiger partial charge in [-0.15, -0.1) is 0 Å². The van der Waals surface area contributed by atoms with Crippen LogP contribution in [0.4, 0.5) is 0 Å². The lowest BCUT2D eigenvalue weighted by atomic mass is 10.1. The molecule has 0 aliphatic heterocycles. The zero-order valence-corrected chi connectivity index (χ0v) is 14.7. The highest BCUT2D eigenvalue weighted by Crippen LogP contribution is 2.36. The van der Waals surface area contributed by atoms with E-state index in [2.05, 4.69) is 9.05 Å². The summed E-state index contributed by atoms with van der Waals surface area (Å²) in [7, 11) is -9.36. The summed E-state index contributed by atoms with van der Waals surface area (Å²) in [6.07, 6.45) is -7.30. The largest absolute Gasteiger partial charge is 0.469 e. The topological polar surface area (TPSA) is 269 Å². The summed E-state index contributed by atoms with van der Waals surface area (Å²) >= 11 is 0. The monoisotopic (exact) mass is 430 g/mol. The Balaban J connectivity index is 0. The summed E-state index contributed by atoms with van der Waals surface area (Å²) in [5, 5.41) is 43.9. The van der Waals surface area contributed by atoms with Crippen LogP contribution in [0.3, 0.4) is 0 Å². The van der Waals surface area contributed by atoms with E-state index in [0.29, 0.717) is 0 Å². The van der Waals surface area contributed by atoms with Crippen molar-refractivity contribution in [3.63, 3.8) is 0 Å². The van der Waals surface area contributed by atoms with Gasteiger partial charge < -0.3 is 49.9 Å². The quantitative estimate of drug-likeness (QED) is 0.110. The molecule has 0 bridgehead atoms.